The van der Waals surface area contributed by atoms with Gasteiger partial charge in [-0.05, 0) is 17.0 Å². The van der Waals surface area contributed by atoms with Gasteiger partial charge in [-0.15, -0.1) is 6.42 Å². The fraction of sp³-hybridized carbons (Fsp3) is 0.182. The summed E-state index contributed by atoms with van der Waals surface area (Å²) >= 11 is 0. The molecule has 0 heterocycles. The Morgan fingerprint density at radius 3 is 2.43 bits per heavy atom. The van der Waals surface area contributed by atoms with Gasteiger partial charge < -0.3 is 11.1 Å². The summed E-state index contributed by atoms with van der Waals surface area (Å²) in [4.78, 5) is 10.7. The molecule has 1 aromatic rings. The van der Waals surface area contributed by atoms with Crippen LogP contribution in [0.25, 0.3) is 0 Å². The number of terminal acetylenes is 1. The van der Waals surface area contributed by atoms with Crippen molar-refractivity contribution in [1.29, 1.82) is 0 Å². The highest BCUT2D eigenvalue weighted by atomic mass is 16.1. The normalized spacial score (nSPS) is 9.14. The summed E-state index contributed by atoms with van der Waals surface area (Å²) in [5.41, 5.74) is 7.52. The lowest BCUT2D eigenvalue weighted by atomic mass is 10.1. The number of hydrogen-bond acceptors (Lipinski definition) is 2. The van der Waals surface area contributed by atoms with Crippen molar-refractivity contribution in [1.82, 2.24) is 5.32 Å². The van der Waals surface area contributed by atoms with Gasteiger partial charge in [0.25, 0.3) is 5.91 Å². The Morgan fingerprint density at radius 1 is 1.36 bits per heavy atom. The van der Waals surface area contributed by atoms with Crippen molar-refractivity contribution in [3.05, 3.63) is 35.4 Å². The zero-order valence-corrected chi connectivity index (χ0v) is 7.79. The number of carbonyl (C=O) groups is 1. The van der Waals surface area contributed by atoms with E-state index in [9.17, 15) is 4.79 Å². The van der Waals surface area contributed by atoms with Crippen LogP contribution in [-0.4, -0.2) is 5.91 Å². The zero-order chi connectivity index (χ0) is 10.4. The Morgan fingerprint density at radius 2 is 1.93 bits per heavy atom. The quantitative estimate of drug-likeness (QED) is 0.674. The first kappa shape index (κ1) is 10.3. The average molecular weight is 188 g/mol. The van der Waals surface area contributed by atoms with E-state index in [2.05, 4.69) is 5.32 Å². The van der Waals surface area contributed by atoms with Gasteiger partial charge in [-0.3, -0.25) is 4.79 Å². The second-order valence-corrected chi connectivity index (χ2v) is 2.85. The van der Waals surface area contributed by atoms with Gasteiger partial charge in [0.2, 0.25) is 0 Å². The molecule has 0 radical (unpaired) electrons. The number of benzene rings is 1. The lowest BCUT2D eigenvalue weighted by molar-refractivity contribution is -0.115. The molecule has 3 N–H and O–H groups in total. The molecule has 0 spiro atoms. The van der Waals surface area contributed by atoms with Crippen LogP contribution in [0.4, 0.5) is 0 Å². The largest absolute Gasteiger partial charge is 0.341 e. The van der Waals surface area contributed by atoms with E-state index in [4.69, 9.17) is 12.2 Å². The van der Waals surface area contributed by atoms with Crippen LogP contribution in [0.5, 0.6) is 0 Å². The summed E-state index contributed by atoms with van der Waals surface area (Å²) in [7, 11) is 0. The van der Waals surface area contributed by atoms with Crippen molar-refractivity contribution in [3.63, 3.8) is 0 Å². The molecule has 72 valence electrons. The highest BCUT2D eigenvalue weighted by molar-refractivity contribution is 5.92. The third-order valence-electron chi connectivity index (χ3n) is 1.84. The molecular weight excluding hydrogens is 176 g/mol. The molecule has 0 aliphatic carbocycles. The first-order chi connectivity index (χ1) is 6.76. The monoisotopic (exact) mass is 188 g/mol. The first-order valence-electron chi connectivity index (χ1n) is 4.28. The minimum atomic E-state index is -0.395. The summed E-state index contributed by atoms with van der Waals surface area (Å²) in [5, 5.41) is 2.58. The van der Waals surface area contributed by atoms with Crippen molar-refractivity contribution in [2.75, 3.05) is 0 Å². The zero-order valence-electron chi connectivity index (χ0n) is 7.79. The molecule has 0 atom stereocenters. The molecule has 0 bridgehead atoms. The molecule has 3 nitrogen and oxygen atoms in total. The molecule has 1 aromatic carbocycles. The molecular formula is C11H12N2O. The fourth-order valence-corrected chi connectivity index (χ4v) is 1.03. The Kier molecular flexibility index (Phi) is 3.71. The molecule has 14 heavy (non-hydrogen) atoms. The number of hydrogen-bond donors (Lipinski definition) is 2. The molecule has 0 saturated carbocycles. The fourth-order valence-electron chi connectivity index (χ4n) is 1.03. The first-order valence-corrected chi connectivity index (χ1v) is 4.28. The van der Waals surface area contributed by atoms with Crippen LogP contribution in [0, 0.1) is 12.3 Å². The number of nitrogens with one attached hydrogen (secondary N) is 1. The predicted octanol–water partition coefficient (Wildman–Crippen LogP) is 0.395. The van der Waals surface area contributed by atoms with E-state index >= 15 is 0 Å². The maximum atomic E-state index is 10.7. The van der Waals surface area contributed by atoms with Crippen molar-refractivity contribution in [3.8, 4) is 12.3 Å². The summed E-state index contributed by atoms with van der Waals surface area (Å²) < 4.78 is 0. The van der Waals surface area contributed by atoms with Gasteiger partial charge in [-0.2, -0.15) is 0 Å². The van der Waals surface area contributed by atoms with Crippen molar-refractivity contribution >= 4 is 5.91 Å². The smallest absolute Gasteiger partial charge is 0.295 e. The second-order valence-electron chi connectivity index (χ2n) is 2.85. The maximum Gasteiger partial charge on any atom is 0.295 e. The number of rotatable bonds is 3. The van der Waals surface area contributed by atoms with Crippen molar-refractivity contribution < 1.29 is 4.79 Å². The van der Waals surface area contributed by atoms with Gasteiger partial charge >= 0.3 is 0 Å². The third kappa shape index (κ3) is 2.92. The van der Waals surface area contributed by atoms with Crippen LogP contribution in [0.15, 0.2) is 24.3 Å². The molecule has 1 amide bonds. The number of amides is 1. The molecule has 0 aliphatic heterocycles. The number of carbonyl (C=O) groups excluding carboxylic acids is 1. The van der Waals surface area contributed by atoms with E-state index in [0.717, 1.165) is 11.1 Å². The molecule has 0 aromatic heterocycles. The van der Waals surface area contributed by atoms with E-state index in [1.54, 1.807) is 0 Å². The second kappa shape index (κ2) is 5.05. The molecule has 3 heteroatoms. The van der Waals surface area contributed by atoms with Gasteiger partial charge in [0, 0.05) is 13.1 Å². The minimum Gasteiger partial charge on any atom is -0.341 e. The summed E-state index contributed by atoms with van der Waals surface area (Å²) in [6.07, 6.45) is 4.90. The van der Waals surface area contributed by atoms with Gasteiger partial charge in [-0.25, -0.2) is 0 Å². The van der Waals surface area contributed by atoms with Gasteiger partial charge in [0.05, 0.1) is 0 Å². The Hall–Kier alpha value is -1.79. The summed E-state index contributed by atoms with van der Waals surface area (Å²) in [5.74, 6) is 1.59. The summed E-state index contributed by atoms with van der Waals surface area (Å²) in [6, 6.07) is 7.69. The van der Waals surface area contributed by atoms with Gasteiger partial charge in [-0.1, -0.05) is 24.3 Å². The third-order valence-corrected chi connectivity index (χ3v) is 1.84. The number of nitrogens with two attached hydrogens (primary N) is 1. The van der Waals surface area contributed by atoms with Crippen molar-refractivity contribution in [2.24, 2.45) is 5.73 Å². The Bertz CT molecular complexity index is 349. The van der Waals surface area contributed by atoms with Crippen LogP contribution in [0.1, 0.15) is 11.1 Å². The van der Waals surface area contributed by atoms with Crippen molar-refractivity contribution in [2.45, 2.75) is 13.1 Å². The lowest BCUT2D eigenvalue weighted by Gasteiger charge is -2.02. The van der Waals surface area contributed by atoms with Crippen LogP contribution in [0.3, 0.4) is 0 Å². The minimum absolute atomic E-state index is 0.395. The van der Waals surface area contributed by atoms with Gasteiger partial charge in [0.15, 0.2) is 0 Å². The molecule has 0 aliphatic rings. The Balaban J connectivity index is 2.53. The average Bonchev–Trinajstić information content (AvgIpc) is 2.26. The SMILES string of the molecule is C#CC(=O)NCc1ccc(CN)cc1. The molecule has 0 unspecified atom stereocenters. The van der Waals surface area contributed by atoms with E-state index in [1.807, 2.05) is 30.2 Å². The lowest BCUT2D eigenvalue weighted by Crippen LogP contribution is -2.20. The molecule has 0 saturated heterocycles. The summed E-state index contributed by atoms with van der Waals surface area (Å²) in [6.45, 7) is 0.977. The van der Waals surface area contributed by atoms with E-state index in [-0.39, 0.29) is 0 Å². The standard InChI is InChI=1S/C11H12N2O/c1-2-11(14)13-8-10-5-3-9(7-12)4-6-10/h1,3-6H,7-8,12H2,(H,13,14). The van der Waals surface area contributed by atoms with Crippen LogP contribution in [0.2, 0.25) is 0 Å². The molecule has 1 rings (SSSR count). The Labute approximate surface area is 83.3 Å². The van der Waals surface area contributed by atoms with Crippen LogP contribution in [-0.2, 0) is 17.9 Å². The van der Waals surface area contributed by atoms with Gasteiger partial charge in [0.1, 0.15) is 0 Å². The maximum absolute atomic E-state index is 10.7. The van der Waals surface area contributed by atoms with E-state index in [1.165, 1.54) is 0 Å². The molecule has 0 fully saturated rings. The highest BCUT2D eigenvalue weighted by Gasteiger charge is 1.96. The van der Waals surface area contributed by atoms with Crippen LogP contribution < -0.4 is 11.1 Å². The van der Waals surface area contributed by atoms with E-state index < -0.39 is 5.91 Å². The van der Waals surface area contributed by atoms with E-state index in [0.29, 0.717) is 13.1 Å². The topological polar surface area (TPSA) is 55.1 Å². The highest BCUT2D eigenvalue weighted by Crippen LogP contribution is 2.02. The van der Waals surface area contributed by atoms with Crippen LogP contribution >= 0.6 is 0 Å². The predicted molar refractivity (Wildman–Crippen MR) is 55.0 cm³/mol.